The van der Waals surface area contributed by atoms with E-state index in [4.69, 9.17) is 4.74 Å². The molecule has 3 aromatic rings. The topological polar surface area (TPSA) is 117 Å². The van der Waals surface area contributed by atoms with Crippen LogP contribution in [0.5, 0.6) is 0 Å². The van der Waals surface area contributed by atoms with Gasteiger partial charge in [0.2, 0.25) is 5.91 Å². The van der Waals surface area contributed by atoms with Gasteiger partial charge < -0.3 is 14.8 Å². The summed E-state index contributed by atoms with van der Waals surface area (Å²) in [6.45, 7) is 1.61. The fourth-order valence-corrected chi connectivity index (χ4v) is 2.95. The second-order valence-electron chi connectivity index (χ2n) is 6.90. The van der Waals surface area contributed by atoms with Gasteiger partial charge in [0.1, 0.15) is 6.54 Å². The first-order valence-corrected chi connectivity index (χ1v) is 9.56. The standard InChI is InChI=1S/C23H21N3O6/c1-14-4-6-15(7-5-14)18-11-21(28)26(13-24-18)12-20(27)25-19-10-16(22(29)31-2)8-9-17(19)23(30)32-3/h4-11,13H,12H2,1-3H3,(H,25,27). The minimum Gasteiger partial charge on any atom is -0.465 e. The van der Waals surface area contributed by atoms with Gasteiger partial charge in [-0.25, -0.2) is 14.6 Å². The number of hydrogen-bond acceptors (Lipinski definition) is 7. The zero-order valence-corrected chi connectivity index (χ0v) is 17.7. The summed E-state index contributed by atoms with van der Waals surface area (Å²) in [6.07, 6.45) is 1.28. The van der Waals surface area contributed by atoms with Crippen molar-refractivity contribution < 1.29 is 23.9 Å². The first kappa shape index (κ1) is 22.4. The molecule has 1 heterocycles. The van der Waals surface area contributed by atoms with Crippen LogP contribution in [0.2, 0.25) is 0 Å². The fourth-order valence-electron chi connectivity index (χ4n) is 2.95. The third-order valence-corrected chi connectivity index (χ3v) is 4.66. The van der Waals surface area contributed by atoms with Gasteiger partial charge in [0.05, 0.1) is 43.1 Å². The highest BCUT2D eigenvalue weighted by atomic mass is 16.5. The second-order valence-corrected chi connectivity index (χ2v) is 6.90. The molecule has 1 amide bonds. The molecule has 0 bridgehead atoms. The Morgan fingerprint density at radius 2 is 1.66 bits per heavy atom. The van der Waals surface area contributed by atoms with Crippen LogP contribution in [0.1, 0.15) is 26.3 Å². The smallest absolute Gasteiger partial charge is 0.339 e. The summed E-state index contributed by atoms with van der Waals surface area (Å²) < 4.78 is 10.5. The number of esters is 2. The maximum Gasteiger partial charge on any atom is 0.339 e. The lowest BCUT2D eigenvalue weighted by Crippen LogP contribution is -2.28. The Labute approximate surface area is 183 Å². The molecule has 164 valence electrons. The number of nitrogens with zero attached hydrogens (tertiary/aromatic N) is 2. The molecule has 1 aromatic heterocycles. The molecule has 0 aliphatic carbocycles. The van der Waals surface area contributed by atoms with E-state index in [0.717, 1.165) is 15.7 Å². The number of nitrogens with one attached hydrogen (secondary N) is 1. The lowest BCUT2D eigenvalue weighted by Gasteiger charge is -2.12. The van der Waals surface area contributed by atoms with Crippen molar-refractivity contribution >= 4 is 23.5 Å². The molecule has 0 fully saturated rings. The Kier molecular flexibility index (Phi) is 6.79. The number of ether oxygens (including phenoxy) is 2. The molecule has 0 atom stereocenters. The molecule has 3 rings (SSSR count). The average Bonchev–Trinajstić information content (AvgIpc) is 2.79. The summed E-state index contributed by atoms with van der Waals surface area (Å²) in [5, 5.41) is 2.54. The quantitative estimate of drug-likeness (QED) is 0.591. The van der Waals surface area contributed by atoms with Gasteiger partial charge in [-0.3, -0.25) is 14.2 Å². The maximum absolute atomic E-state index is 12.6. The highest BCUT2D eigenvalue weighted by Crippen LogP contribution is 2.20. The van der Waals surface area contributed by atoms with E-state index in [1.54, 1.807) is 0 Å². The summed E-state index contributed by atoms with van der Waals surface area (Å²) in [7, 11) is 2.41. The molecule has 0 spiro atoms. The molecule has 0 saturated heterocycles. The predicted octanol–water partition coefficient (Wildman–Crippen LogP) is 2.43. The molecule has 2 aromatic carbocycles. The van der Waals surface area contributed by atoms with Crippen LogP contribution in [0, 0.1) is 6.92 Å². The van der Waals surface area contributed by atoms with Crippen molar-refractivity contribution in [3.63, 3.8) is 0 Å². The number of aromatic nitrogens is 2. The number of rotatable bonds is 6. The summed E-state index contributed by atoms with van der Waals surface area (Å²) in [4.78, 5) is 53.1. The van der Waals surface area contributed by atoms with Crippen molar-refractivity contribution in [3.05, 3.63) is 81.9 Å². The zero-order valence-electron chi connectivity index (χ0n) is 17.7. The van der Waals surface area contributed by atoms with Crippen molar-refractivity contribution in [2.45, 2.75) is 13.5 Å². The highest BCUT2D eigenvalue weighted by Gasteiger charge is 2.18. The number of carbonyl (C=O) groups excluding carboxylic acids is 3. The van der Waals surface area contributed by atoms with Crippen molar-refractivity contribution in [1.29, 1.82) is 0 Å². The van der Waals surface area contributed by atoms with Crippen LogP contribution < -0.4 is 10.9 Å². The predicted molar refractivity (Wildman–Crippen MR) is 116 cm³/mol. The van der Waals surface area contributed by atoms with Gasteiger partial charge in [-0.15, -0.1) is 0 Å². The van der Waals surface area contributed by atoms with Crippen LogP contribution in [0.15, 0.2) is 59.7 Å². The molecule has 32 heavy (non-hydrogen) atoms. The molecular formula is C23H21N3O6. The number of anilines is 1. The summed E-state index contributed by atoms with van der Waals surface area (Å²) in [5.41, 5.74) is 2.19. The molecule has 0 radical (unpaired) electrons. The third-order valence-electron chi connectivity index (χ3n) is 4.66. The molecule has 0 unspecified atom stereocenters. The Morgan fingerprint density at radius 1 is 0.969 bits per heavy atom. The van der Waals surface area contributed by atoms with Crippen LogP contribution >= 0.6 is 0 Å². The third kappa shape index (κ3) is 5.07. The highest BCUT2D eigenvalue weighted by molar-refractivity contribution is 6.03. The molecule has 9 heteroatoms. The Bertz CT molecular complexity index is 1230. The first-order valence-electron chi connectivity index (χ1n) is 9.56. The number of carbonyl (C=O) groups is 3. The maximum atomic E-state index is 12.6. The molecule has 1 N–H and O–H groups in total. The fraction of sp³-hybridized carbons (Fsp3) is 0.174. The second kappa shape index (κ2) is 9.69. The number of hydrogen-bond donors (Lipinski definition) is 1. The van der Waals surface area contributed by atoms with E-state index in [0.29, 0.717) is 5.69 Å². The van der Waals surface area contributed by atoms with Gasteiger partial charge in [0.15, 0.2) is 0 Å². The van der Waals surface area contributed by atoms with Crippen LogP contribution in [-0.2, 0) is 20.8 Å². The number of aryl methyl sites for hydroxylation is 1. The van der Waals surface area contributed by atoms with Gasteiger partial charge in [-0.05, 0) is 25.1 Å². The van der Waals surface area contributed by atoms with E-state index in [9.17, 15) is 19.2 Å². The normalized spacial score (nSPS) is 10.3. The van der Waals surface area contributed by atoms with Crippen molar-refractivity contribution in [2.24, 2.45) is 0 Å². The number of amides is 1. The lowest BCUT2D eigenvalue weighted by molar-refractivity contribution is -0.116. The minimum atomic E-state index is -0.696. The monoisotopic (exact) mass is 435 g/mol. The van der Waals surface area contributed by atoms with E-state index < -0.39 is 23.4 Å². The largest absolute Gasteiger partial charge is 0.465 e. The molecule has 0 aliphatic rings. The molecule has 9 nitrogen and oxygen atoms in total. The SMILES string of the molecule is COC(=O)c1ccc(C(=O)OC)c(NC(=O)Cn2cnc(-c3ccc(C)cc3)cc2=O)c1. The van der Waals surface area contributed by atoms with Crippen LogP contribution in [0.25, 0.3) is 11.3 Å². The van der Waals surface area contributed by atoms with E-state index >= 15 is 0 Å². The molecular weight excluding hydrogens is 414 g/mol. The Morgan fingerprint density at radius 3 is 2.28 bits per heavy atom. The van der Waals surface area contributed by atoms with E-state index in [-0.39, 0.29) is 23.4 Å². The first-order chi connectivity index (χ1) is 15.3. The van der Waals surface area contributed by atoms with E-state index in [2.05, 4.69) is 15.0 Å². The van der Waals surface area contributed by atoms with Crippen molar-refractivity contribution in [1.82, 2.24) is 9.55 Å². The molecule has 0 saturated carbocycles. The van der Waals surface area contributed by atoms with E-state index in [1.807, 2.05) is 31.2 Å². The van der Waals surface area contributed by atoms with Crippen LogP contribution in [0.4, 0.5) is 5.69 Å². The van der Waals surface area contributed by atoms with Crippen molar-refractivity contribution in [3.8, 4) is 11.3 Å². The number of methoxy groups -OCH3 is 2. The lowest BCUT2D eigenvalue weighted by atomic mass is 10.1. The number of benzene rings is 2. The minimum absolute atomic E-state index is 0.0497. The summed E-state index contributed by atoms with van der Waals surface area (Å²) in [6, 6.07) is 12.9. The van der Waals surface area contributed by atoms with Gasteiger partial charge in [0.25, 0.3) is 5.56 Å². The summed E-state index contributed by atoms with van der Waals surface area (Å²) in [5.74, 6) is -1.92. The van der Waals surface area contributed by atoms with Crippen LogP contribution in [0.3, 0.4) is 0 Å². The zero-order chi connectivity index (χ0) is 23.3. The van der Waals surface area contributed by atoms with Gasteiger partial charge in [-0.2, -0.15) is 0 Å². The van der Waals surface area contributed by atoms with Crippen LogP contribution in [-0.4, -0.2) is 41.6 Å². The average molecular weight is 435 g/mol. The van der Waals surface area contributed by atoms with Crippen molar-refractivity contribution in [2.75, 3.05) is 19.5 Å². The van der Waals surface area contributed by atoms with Gasteiger partial charge >= 0.3 is 11.9 Å². The van der Waals surface area contributed by atoms with Gasteiger partial charge in [-0.1, -0.05) is 29.8 Å². The Balaban J connectivity index is 1.82. The Hall–Kier alpha value is -4.27. The molecule has 0 aliphatic heterocycles. The van der Waals surface area contributed by atoms with E-state index in [1.165, 1.54) is 44.8 Å². The van der Waals surface area contributed by atoms with Gasteiger partial charge in [0, 0.05) is 11.6 Å². The summed E-state index contributed by atoms with van der Waals surface area (Å²) >= 11 is 0.